The van der Waals surface area contributed by atoms with Crippen LogP contribution in [-0.4, -0.2) is 19.8 Å². The number of nitrogens with one attached hydrogen (secondary N) is 1. The molecule has 1 rings (SSSR count). The van der Waals surface area contributed by atoms with Crippen LogP contribution in [0.3, 0.4) is 0 Å². The molecule has 0 aliphatic carbocycles. The van der Waals surface area contributed by atoms with Gasteiger partial charge in [-0.3, -0.25) is 0 Å². The van der Waals surface area contributed by atoms with Crippen LogP contribution in [0.2, 0.25) is 0 Å². The van der Waals surface area contributed by atoms with Crippen LogP contribution in [0.25, 0.3) is 0 Å². The summed E-state index contributed by atoms with van der Waals surface area (Å²) in [5.74, 6) is -0.201. The molecule has 1 aromatic rings. The topological polar surface area (TPSA) is 21.3 Å². The third-order valence-corrected chi connectivity index (χ3v) is 2.01. The highest BCUT2D eigenvalue weighted by atomic mass is 19.1. The van der Waals surface area contributed by atoms with Crippen LogP contribution in [0.4, 0.5) is 10.1 Å². The summed E-state index contributed by atoms with van der Waals surface area (Å²) in [6, 6.07) is 4.94. The van der Waals surface area contributed by atoms with Gasteiger partial charge in [-0.15, -0.1) is 0 Å². The van der Waals surface area contributed by atoms with E-state index < -0.39 is 0 Å². The first-order chi connectivity index (χ1) is 6.63. The number of aryl methyl sites for hydroxylation is 1. The van der Waals surface area contributed by atoms with Crippen LogP contribution in [0.5, 0.6) is 0 Å². The minimum Gasteiger partial charge on any atom is -0.383 e. The zero-order valence-electron chi connectivity index (χ0n) is 8.80. The number of hydrogen-bond donors (Lipinski definition) is 1. The molecular formula is C11H16FNO. The van der Waals surface area contributed by atoms with E-state index in [2.05, 4.69) is 5.32 Å². The first-order valence-corrected chi connectivity index (χ1v) is 4.65. The molecule has 1 N–H and O–H groups in total. The molecule has 0 bridgehead atoms. The third-order valence-electron chi connectivity index (χ3n) is 2.01. The van der Waals surface area contributed by atoms with Gasteiger partial charge < -0.3 is 10.1 Å². The lowest BCUT2D eigenvalue weighted by Crippen LogP contribution is -2.21. The van der Waals surface area contributed by atoms with Crippen molar-refractivity contribution in [2.75, 3.05) is 19.0 Å². The van der Waals surface area contributed by atoms with E-state index in [1.165, 1.54) is 12.1 Å². The van der Waals surface area contributed by atoms with Gasteiger partial charge in [-0.2, -0.15) is 0 Å². The van der Waals surface area contributed by atoms with Gasteiger partial charge in [-0.05, 0) is 37.6 Å². The summed E-state index contributed by atoms with van der Waals surface area (Å²) in [5, 5.41) is 3.25. The van der Waals surface area contributed by atoms with Crippen molar-refractivity contribution in [1.29, 1.82) is 0 Å². The Morgan fingerprint density at radius 3 is 2.79 bits per heavy atom. The van der Waals surface area contributed by atoms with Crippen molar-refractivity contribution in [3.05, 3.63) is 29.6 Å². The smallest absolute Gasteiger partial charge is 0.123 e. The van der Waals surface area contributed by atoms with E-state index in [9.17, 15) is 4.39 Å². The number of halogens is 1. The Balaban J connectivity index is 2.67. The van der Waals surface area contributed by atoms with Gasteiger partial charge in [-0.25, -0.2) is 4.39 Å². The van der Waals surface area contributed by atoms with Crippen molar-refractivity contribution in [1.82, 2.24) is 0 Å². The van der Waals surface area contributed by atoms with Crippen LogP contribution in [0.1, 0.15) is 12.5 Å². The Bertz CT molecular complexity index is 301. The molecule has 0 amide bonds. The number of methoxy groups -OCH3 is 1. The van der Waals surface area contributed by atoms with Gasteiger partial charge in [0.15, 0.2) is 0 Å². The zero-order valence-corrected chi connectivity index (χ0v) is 8.80. The zero-order chi connectivity index (χ0) is 10.6. The van der Waals surface area contributed by atoms with E-state index in [4.69, 9.17) is 4.74 Å². The quantitative estimate of drug-likeness (QED) is 0.801. The molecule has 0 fully saturated rings. The Hall–Kier alpha value is -1.09. The SMILES string of the molecule is COC[C@@H](C)Nc1ccc(F)cc1C. The molecule has 0 aliphatic heterocycles. The second-order valence-electron chi connectivity index (χ2n) is 3.46. The molecule has 0 heterocycles. The maximum Gasteiger partial charge on any atom is 0.123 e. The van der Waals surface area contributed by atoms with E-state index in [0.717, 1.165) is 11.3 Å². The third kappa shape index (κ3) is 3.00. The van der Waals surface area contributed by atoms with Crippen molar-refractivity contribution in [2.45, 2.75) is 19.9 Å². The lowest BCUT2D eigenvalue weighted by Gasteiger charge is -2.15. The summed E-state index contributed by atoms with van der Waals surface area (Å²) in [7, 11) is 1.66. The molecule has 0 saturated carbocycles. The molecule has 0 saturated heterocycles. The van der Waals surface area contributed by atoms with E-state index in [-0.39, 0.29) is 11.9 Å². The molecule has 1 atom stereocenters. The van der Waals surface area contributed by atoms with Crippen molar-refractivity contribution in [3.8, 4) is 0 Å². The summed E-state index contributed by atoms with van der Waals surface area (Å²) in [6.45, 7) is 4.54. The number of ether oxygens (including phenoxy) is 1. The van der Waals surface area contributed by atoms with Crippen molar-refractivity contribution >= 4 is 5.69 Å². The maximum atomic E-state index is 12.8. The predicted octanol–water partition coefficient (Wildman–Crippen LogP) is 2.58. The lowest BCUT2D eigenvalue weighted by molar-refractivity contribution is 0.190. The average molecular weight is 197 g/mol. The molecule has 0 aromatic heterocycles. The normalized spacial score (nSPS) is 12.6. The van der Waals surface area contributed by atoms with Crippen LogP contribution in [0.15, 0.2) is 18.2 Å². The second-order valence-corrected chi connectivity index (χ2v) is 3.46. The molecule has 14 heavy (non-hydrogen) atoms. The highest BCUT2D eigenvalue weighted by Crippen LogP contribution is 2.16. The molecule has 0 aliphatic rings. The van der Waals surface area contributed by atoms with Crippen LogP contribution in [0, 0.1) is 12.7 Å². The average Bonchev–Trinajstić information content (AvgIpc) is 2.10. The fourth-order valence-corrected chi connectivity index (χ4v) is 1.35. The van der Waals surface area contributed by atoms with E-state index in [1.807, 2.05) is 13.8 Å². The molecule has 3 heteroatoms. The minimum atomic E-state index is -0.201. The molecule has 1 aromatic carbocycles. The number of benzene rings is 1. The Morgan fingerprint density at radius 2 is 2.21 bits per heavy atom. The van der Waals surface area contributed by atoms with Gasteiger partial charge in [0.05, 0.1) is 6.61 Å². The van der Waals surface area contributed by atoms with Crippen molar-refractivity contribution in [2.24, 2.45) is 0 Å². The van der Waals surface area contributed by atoms with Crippen LogP contribution in [-0.2, 0) is 4.74 Å². The molecule has 0 spiro atoms. The van der Waals surface area contributed by atoms with E-state index in [0.29, 0.717) is 6.61 Å². The van der Waals surface area contributed by atoms with Crippen LogP contribution >= 0.6 is 0 Å². The fraction of sp³-hybridized carbons (Fsp3) is 0.455. The highest BCUT2D eigenvalue weighted by molar-refractivity contribution is 5.51. The monoisotopic (exact) mass is 197 g/mol. The Kier molecular flexibility index (Phi) is 3.89. The molecule has 0 radical (unpaired) electrons. The molecular weight excluding hydrogens is 181 g/mol. The number of anilines is 1. The lowest BCUT2D eigenvalue weighted by atomic mass is 10.2. The number of hydrogen-bond acceptors (Lipinski definition) is 2. The van der Waals surface area contributed by atoms with Crippen molar-refractivity contribution in [3.63, 3.8) is 0 Å². The van der Waals surface area contributed by atoms with Gasteiger partial charge in [0.1, 0.15) is 5.82 Å². The summed E-state index contributed by atoms with van der Waals surface area (Å²) < 4.78 is 17.8. The molecule has 78 valence electrons. The van der Waals surface area contributed by atoms with Gasteiger partial charge in [-0.1, -0.05) is 0 Å². The first-order valence-electron chi connectivity index (χ1n) is 4.65. The summed E-state index contributed by atoms with van der Waals surface area (Å²) in [6.07, 6.45) is 0. The standard InChI is InChI=1S/C11H16FNO/c1-8-6-10(12)4-5-11(8)13-9(2)7-14-3/h4-6,9,13H,7H2,1-3H3/t9-/m1/s1. The molecule has 2 nitrogen and oxygen atoms in total. The number of rotatable bonds is 4. The maximum absolute atomic E-state index is 12.8. The summed E-state index contributed by atoms with van der Waals surface area (Å²) in [5.41, 5.74) is 1.86. The minimum absolute atomic E-state index is 0.201. The second kappa shape index (κ2) is 4.96. The highest BCUT2D eigenvalue weighted by Gasteiger charge is 2.04. The van der Waals surface area contributed by atoms with Gasteiger partial charge in [0.2, 0.25) is 0 Å². The Labute approximate surface area is 84.1 Å². The first kappa shape index (κ1) is 11.0. The van der Waals surface area contributed by atoms with E-state index in [1.54, 1.807) is 13.2 Å². The largest absolute Gasteiger partial charge is 0.383 e. The van der Waals surface area contributed by atoms with Gasteiger partial charge in [0.25, 0.3) is 0 Å². The van der Waals surface area contributed by atoms with Crippen molar-refractivity contribution < 1.29 is 9.13 Å². The van der Waals surface area contributed by atoms with Crippen LogP contribution < -0.4 is 5.32 Å². The fourth-order valence-electron chi connectivity index (χ4n) is 1.35. The van der Waals surface area contributed by atoms with E-state index >= 15 is 0 Å². The molecule has 0 unspecified atom stereocenters. The summed E-state index contributed by atoms with van der Waals surface area (Å²) >= 11 is 0. The Morgan fingerprint density at radius 1 is 1.50 bits per heavy atom. The predicted molar refractivity (Wildman–Crippen MR) is 56.1 cm³/mol. The summed E-state index contributed by atoms with van der Waals surface area (Å²) in [4.78, 5) is 0. The van der Waals surface area contributed by atoms with Gasteiger partial charge >= 0.3 is 0 Å². The van der Waals surface area contributed by atoms with Gasteiger partial charge in [0, 0.05) is 18.8 Å².